The summed E-state index contributed by atoms with van der Waals surface area (Å²) in [6, 6.07) is 8.95. The van der Waals surface area contributed by atoms with Crippen molar-refractivity contribution in [2.24, 2.45) is 5.92 Å². The molecule has 0 saturated carbocycles. The van der Waals surface area contributed by atoms with Crippen molar-refractivity contribution in [2.45, 2.75) is 45.2 Å². The summed E-state index contributed by atoms with van der Waals surface area (Å²) in [7, 11) is 0. The van der Waals surface area contributed by atoms with E-state index in [1.165, 1.54) is 24.0 Å². The number of hydrogen-bond acceptors (Lipinski definition) is 5. The van der Waals surface area contributed by atoms with Gasteiger partial charge in [0.25, 0.3) is 0 Å². The summed E-state index contributed by atoms with van der Waals surface area (Å²) in [6.45, 7) is 5.04. The molecule has 1 fully saturated rings. The van der Waals surface area contributed by atoms with Crippen LogP contribution in [0.5, 0.6) is 0 Å². The van der Waals surface area contributed by atoms with Gasteiger partial charge in [-0.15, -0.1) is 5.10 Å². The number of rotatable bonds is 4. The van der Waals surface area contributed by atoms with Gasteiger partial charge in [-0.25, -0.2) is 9.67 Å². The van der Waals surface area contributed by atoms with Crippen molar-refractivity contribution in [3.63, 3.8) is 0 Å². The van der Waals surface area contributed by atoms with Crippen molar-refractivity contribution in [1.29, 1.82) is 0 Å². The monoisotopic (exact) mass is 363 g/mol. The summed E-state index contributed by atoms with van der Waals surface area (Å²) in [6.07, 6.45) is 6.50. The van der Waals surface area contributed by atoms with Gasteiger partial charge >= 0.3 is 0 Å². The minimum Gasteiger partial charge on any atom is -0.316 e. The van der Waals surface area contributed by atoms with Gasteiger partial charge in [-0.2, -0.15) is 5.10 Å². The Morgan fingerprint density at radius 2 is 2.00 bits per heavy atom. The Bertz CT molecular complexity index is 910. The highest BCUT2D eigenvalue weighted by molar-refractivity contribution is 5.48. The Labute approximate surface area is 158 Å². The molecule has 1 aliphatic heterocycles. The molecule has 5 rings (SSSR count). The second-order valence-corrected chi connectivity index (χ2v) is 7.80. The third-order valence-electron chi connectivity index (χ3n) is 5.72. The van der Waals surface area contributed by atoms with Crippen LogP contribution in [0.15, 0.2) is 30.5 Å². The zero-order chi connectivity index (χ0) is 18.2. The van der Waals surface area contributed by atoms with Crippen LogP contribution in [0.25, 0.3) is 11.5 Å². The maximum absolute atomic E-state index is 4.70. The predicted molar refractivity (Wildman–Crippen MR) is 102 cm³/mol. The first-order valence-corrected chi connectivity index (χ1v) is 9.87. The molecule has 2 aromatic heterocycles. The van der Waals surface area contributed by atoms with E-state index in [1.54, 1.807) is 0 Å². The van der Waals surface area contributed by atoms with Gasteiger partial charge < -0.3 is 5.32 Å². The fraction of sp³-hybridized carbons (Fsp3) is 0.500. The number of hydrogen-bond donors (Lipinski definition) is 1. The molecule has 2 aliphatic rings. The van der Waals surface area contributed by atoms with E-state index in [4.69, 9.17) is 5.10 Å². The van der Waals surface area contributed by atoms with Crippen LogP contribution in [0.1, 0.15) is 35.8 Å². The molecule has 3 heterocycles. The van der Waals surface area contributed by atoms with Gasteiger partial charge in [0.1, 0.15) is 11.5 Å². The largest absolute Gasteiger partial charge is 0.316 e. The second-order valence-electron chi connectivity index (χ2n) is 7.80. The van der Waals surface area contributed by atoms with Gasteiger partial charge in [-0.1, -0.05) is 29.5 Å². The number of benzene rings is 1. The Morgan fingerprint density at radius 3 is 2.74 bits per heavy atom. The number of aryl methyl sites for hydroxylation is 1. The molecular formula is C20H25N7. The van der Waals surface area contributed by atoms with Crippen LogP contribution < -0.4 is 5.32 Å². The first-order chi connectivity index (χ1) is 13.3. The molecule has 7 heteroatoms. The molecule has 1 unspecified atom stereocenters. The standard InChI is InChI=1S/C20H25N7/c1-14-22-20(19-13-26(25-23-19)12-15-5-4-8-21-11-15)27(24-14)18-9-16-6-2-3-7-17(16)10-18/h2-3,6-7,13,15,18,21H,4-5,8-12H2,1H3. The van der Waals surface area contributed by atoms with Gasteiger partial charge in [-0.05, 0) is 62.7 Å². The molecule has 0 radical (unpaired) electrons. The summed E-state index contributed by atoms with van der Waals surface area (Å²) < 4.78 is 4.02. The molecule has 1 aromatic carbocycles. The molecular weight excluding hydrogens is 338 g/mol. The zero-order valence-corrected chi connectivity index (χ0v) is 15.7. The van der Waals surface area contributed by atoms with E-state index in [9.17, 15) is 0 Å². The Hall–Kier alpha value is -2.54. The third-order valence-corrected chi connectivity index (χ3v) is 5.72. The first-order valence-electron chi connectivity index (χ1n) is 9.87. The van der Waals surface area contributed by atoms with Crippen LogP contribution in [0.4, 0.5) is 0 Å². The molecule has 1 aliphatic carbocycles. The molecule has 1 N–H and O–H groups in total. The number of piperidine rings is 1. The van der Waals surface area contributed by atoms with E-state index in [-0.39, 0.29) is 0 Å². The van der Waals surface area contributed by atoms with E-state index in [0.717, 1.165) is 49.8 Å². The third kappa shape index (κ3) is 3.27. The summed E-state index contributed by atoms with van der Waals surface area (Å²) in [5.41, 5.74) is 3.64. The van der Waals surface area contributed by atoms with Crippen molar-refractivity contribution in [1.82, 2.24) is 35.1 Å². The second kappa shape index (κ2) is 6.88. The van der Waals surface area contributed by atoms with E-state index < -0.39 is 0 Å². The van der Waals surface area contributed by atoms with Crippen molar-refractivity contribution >= 4 is 0 Å². The highest BCUT2D eigenvalue weighted by Gasteiger charge is 2.27. The summed E-state index contributed by atoms with van der Waals surface area (Å²) >= 11 is 0. The van der Waals surface area contributed by atoms with Gasteiger partial charge in [-0.3, -0.25) is 4.68 Å². The smallest absolute Gasteiger partial charge is 0.180 e. The van der Waals surface area contributed by atoms with Gasteiger partial charge in [0.05, 0.1) is 12.2 Å². The number of aromatic nitrogens is 6. The first kappa shape index (κ1) is 16.6. The van der Waals surface area contributed by atoms with E-state index >= 15 is 0 Å². The molecule has 0 amide bonds. The molecule has 7 nitrogen and oxygen atoms in total. The molecule has 27 heavy (non-hydrogen) atoms. The summed E-state index contributed by atoms with van der Waals surface area (Å²) in [4.78, 5) is 4.67. The van der Waals surface area contributed by atoms with Crippen molar-refractivity contribution < 1.29 is 0 Å². The van der Waals surface area contributed by atoms with Crippen molar-refractivity contribution in [3.8, 4) is 11.5 Å². The van der Waals surface area contributed by atoms with Crippen LogP contribution in [0.3, 0.4) is 0 Å². The van der Waals surface area contributed by atoms with Gasteiger partial charge in [0.2, 0.25) is 0 Å². The van der Waals surface area contributed by atoms with Crippen LogP contribution in [-0.4, -0.2) is 42.8 Å². The molecule has 140 valence electrons. The SMILES string of the molecule is Cc1nc(-c2cn(CC3CCCNC3)nn2)n(C2Cc3ccccc3C2)n1. The molecule has 0 spiro atoms. The minimum absolute atomic E-state index is 0.297. The quantitative estimate of drug-likeness (QED) is 0.769. The van der Waals surface area contributed by atoms with Crippen LogP contribution in [0, 0.1) is 12.8 Å². The number of fused-ring (bicyclic) bond motifs is 1. The summed E-state index contributed by atoms with van der Waals surface area (Å²) in [5.74, 6) is 2.24. The van der Waals surface area contributed by atoms with Crippen LogP contribution >= 0.6 is 0 Å². The maximum Gasteiger partial charge on any atom is 0.180 e. The zero-order valence-electron chi connectivity index (χ0n) is 15.7. The molecule has 0 bridgehead atoms. The van der Waals surface area contributed by atoms with E-state index in [1.807, 2.05) is 17.8 Å². The lowest BCUT2D eigenvalue weighted by molar-refractivity contribution is 0.322. The van der Waals surface area contributed by atoms with Gasteiger partial charge in [0, 0.05) is 6.54 Å². The lowest BCUT2D eigenvalue weighted by Gasteiger charge is -2.22. The molecule has 1 atom stereocenters. The average Bonchev–Trinajstić information content (AvgIpc) is 3.40. The van der Waals surface area contributed by atoms with Crippen LogP contribution in [0.2, 0.25) is 0 Å². The van der Waals surface area contributed by atoms with Gasteiger partial charge in [0.15, 0.2) is 5.82 Å². The molecule has 3 aromatic rings. The minimum atomic E-state index is 0.297. The van der Waals surface area contributed by atoms with Crippen molar-refractivity contribution in [3.05, 3.63) is 47.4 Å². The highest BCUT2D eigenvalue weighted by atomic mass is 15.4. The summed E-state index contributed by atoms with van der Waals surface area (Å²) in [5, 5.41) is 16.9. The normalized spacial score (nSPS) is 20.1. The number of nitrogens with zero attached hydrogens (tertiary/aromatic N) is 6. The maximum atomic E-state index is 4.70. The Balaban J connectivity index is 1.39. The highest BCUT2D eigenvalue weighted by Crippen LogP contribution is 2.32. The Kier molecular flexibility index (Phi) is 4.24. The Morgan fingerprint density at radius 1 is 1.19 bits per heavy atom. The fourth-order valence-electron chi connectivity index (χ4n) is 4.40. The average molecular weight is 363 g/mol. The topological polar surface area (TPSA) is 73.5 Å². The fourth-order valence-corrected chi connectivity index (χ4v) is 4.40. The van der Waals surface area contributed by atoms with E-state index in [0.29, 0.717) is 12.0 Å². The van der Waals surface area contributed by atoms with Crippen molar-refractivity contribution in [2.75, 3.05) is 13.1 Å². The molecule has 1 saturated heterocycles. The lowest BCUT2D eigenvalue weighted by atomic mass is 10.00. The lowest BCUT2D eigenvalue weighted by Crippen LogP contribution is -2.32. The number of nitrogens with one attached hydrogen (secondary N) is 1. The predicted octanol–water partition coefficient (Wildman–Crippen LogP) is 2.18. The van der Waals surface area contributed by atoms with E-state index in [2.05, 4.69) is 49.6 Å². The van der Waals surface area contributed by atoms with Crippen LogP contribution in [-0.2, 0) is 19.4 Å².